The van der Waals surface area contributed by atoms with E-state index >= 15 is 0 Å². The van der Waals surface area contributed by atoms with Crippen molar-refractivity contribution in [2.45, 2.75) is 32.4 Å². The molecule has 2 atom stereocenters. The van der Waals surface area contributed by atoms with Crippen molar-refractivity contribution < 1.29 is 19.1 Å². The second kappa shape index (κ2) is 9.19. The van der Waals surface area contributed by atoms with Crippen LogP contribution in [0, 0.1) is 6.92 Å². The Balaban J connectivity index is 1.76. The Labute approximate surface area is 147 Å². The summed E-state index contributed by atoms with van der Waals surface area (Å²) >= 11 is 0. The summed E-state index contributed by atoms with van der Waals surface area (Å²) in [5.74, 6) is 1.04. The lowest BCUT2D eigenvalue weighted by molar-refractivity contribution is -0.122. The minimum Gasteiger partial charge on any atom is -0.484 e. The van der Waals surface area contributed by atoms with Crippen LogP contribution in [0.5, 0.6) is 5.75 Å². The molecule has 0 saturated carbocycles. The van der Waals surface area contributed by atoms with E-state index in [4.69, 9.17) is 9.15 Å². The quantitative estimate of drug-likeness (QED) is 0.634. The smallest absolute Gasteiger partial charge is 0.257 e. The Bertz CT molecular complexity index is 669. The van der Waals surface area contributed by atoms with Crippen LogP contribution in [0.3, 0.4) is 0 Å². The number of nitrogens with zero attached hydrogens (tertiary/aromatic N) is 1. The van der Waals surface area contributed by atoms with Gasteiger partial charge in [-0.1, -0.05) is 12.1 Å². The zero-order chi connectivity index (χ0) is 18.2. The number of aromatic nitrogens is 1. The van der Waals surface area contributed by atoms with Gasteiger partial charge in [0.25, 0.3) is 5.91 Å². The summed E-state index contributed by atoms with van der Waals surface area (Å²) in [5, 5.41) is 15.9. The molecule has 0 aliphatic heterocycles. The minimum absolute atomic E-state index is 0.00716. The Hall–Kier alpha value is -2.38. The van der Waals surface area contributed by atoms with Gasteiger partial charge in [0.1, 0.15) is 23.8 Å². The molecule has 7 nitrogen and oxygen atoms in total. The van der Waals surface area contributed by atoms with Crippen molar-refractivity contribution in [1.29, 1.82) is 0 Å². The van der Waals surface area contributed by atoms with Crippen molar-refractivity contribution in [2.75, 3.05) is 20.2 Å². The van der Waals surface area contributed by atoms with Crippen LogP contribution in [0.2, 0.25) is 0 Å². The molecule has 25 heavy (non-hydrogen) atoms. The van der Waals surface area contributed by atoms with E-state index in [9.17, 15) is 9.90 Å². The zero-order valence-corrected chi connectivity index (χ0v) is 14.8. The number of ether oxygens (including phenoxy) is 1. The summed E-state index contributed by atoms with van der Waals surface area (Å²) in [5.41, 5.74) is 1.67. The highest BCUT2D eigenvalue weighted by Gasteiger charge is 2.13. The van der Waals surface area contributed by atoms with E-state index in [0.717, 1.165) is 12.0 Å². The molecule has 0 saturated heterocycles. The maximum absolute atomic E-state index is 11.2. The van der Waals surface area contributed by atoms with Gasteiger partial charge in [0.2, 0.25) is 0 Å². The fourth-order valence-corrected chi connectivity index (χ4v) is 2.32. The van der Waals surface area contributed by atoms with Gasteiger partial charge in [-0.25, -0.2) is 4.98 Å². The molecule has 3 N–H and O–H groups in total. The van der Waals surface area contributed by atoms with E-state index in [2.05, 4.69) is 22.5 Å². The number of aryl methyl sites for hydroxylation is 1. The average molecular weight is 347 g/mol. The number of benzene rings is 1. The molecule has 0 aliphatic carbocycles. The number of hydrogen-bond acceptors (Lipinski definition) is 6. The molecular formula is C18H25N3O4. The summed E-state index contributed by atoms with van der Waals surface area (Å²) in [6.45, 7) is 4.21. The van der Waals surface area contributed by atoms with Crippen molar-refractivity contribution in [2.24, 2.45) is 0 Å². The van der Waals surface area contributed by atoms with Crippen LogP contribution in [0.25, 0.3) is 0 Å². The molecule has 0 fully saturated rings. The molecule has 1 amide bonds. The van der Waals surface area contributed by atoms with Crippen molar-refractivity contribution in [3.8, 4) is 5.75 Å². The van der Waals surface area contributed by atoms with E-state index in [1.54, 1.807) is 14.0 Å². The van der Waals surface area contributed by atoms with Crippen molar-refractivity contribution in [1.82, 2.24) is 15.6 Å². The monoisotopic (exact) mass is 347 g/mol. The minimum atomic E-state index is -0.694. The lowest BCUT2D eigenvalue weighted by Crippen LogP contribution is -2.32. The summed E-state index contributed by atoms with van der Waals surface area (Å²) in [6.07, 6.45) is 1.59. The third kappa shape index (κ3) is 6.21. The molecule has 1 aromatic carbocycles. The number of oxazole rings is 1. The Kier molecular flexibility index (Phi) is 6.97. The summed E-state index contributed by atoms with van der Waals surface area (Å²) in [6, 6.07) is 7.81. The lowest BCUT2D eigenvalue weighted by atomic mass is 10.1. The molecule has 0 aliphatic rings. The first kappa shape index (κ1) is 19.0. The number of likely N-dealkylation sites (N-methyl/N-ethyl adjacent to an activating group) is 1. The zero-order valence-electron chi connectivity index (χ0n) is 14.8. The van der Waals surface area contributed by atoms with Crippen LogP contribution in [0.15, 0.2) is 34.9 Å². The molecule has 0 radical (unpaired) electrons. The second-order valence-corrected chi connectivity index (χ2v) is 5.93. The fourth-order valence-electron chi connectivity index (χ4n) is 2.32. The van der Waals surface area contributed by atoms with Gasteiger partial charge in [-0.05, 0) is 31.0 Å². The first-order valence-corrected chi connectivity index (χ1v) is 8.23. The Morgan fingerprint density at radius 1 is 1.36 bits per heavy atom. The number of carbonyl (C=O) groups excluding carboxylic acids is 1. The molecular weight excluding hydrogens is 322 g/mol. The predicted molar refractivity (Wildman–Crippen MR) is 93.4 cm³/mol. The van der Waals surface area contributed by atoms with Gasteiger partial charge in [0.15, 0.2) is 12.5 Å². The van der Waals surface area contributed by atoms with Gasteiger partial charge in [0.05, 0.1) is 0 Å². The van der Waals surface area contributed by atoms with Crippen molar-refractivity contribution in [3.63, 3.8) is 0 Å². The SMILES string of the molecule is CNC(=O)COc1ccc(CC(C)NCC(O)c2coc(C)n2)cc1. The van der Waals surface area contributed by atoms with Gasteiger partial charge < -0.3 is 24.9 Å². The van der Waals surface area contributed by atoms with Crippen LogP contribution in [-0.2, 0) is 11.2 Å². The van der Waals surface area contributed by atoms with E-state index in [1.807, 2.05) is 24.3 Å². The normalized spacial score (nSPS) is 13.3. The van der Waals surface area contributed by atoms with Gasteiger partial charge in [-0.2, -0.15) is 0 Å². The molecule has 2 rings (SSSR count). The van der Waals surface area contributed by atoms with Gasteiger partial charge >= 0.3 is 0 Å². The molecule has 1 heterocycles. The van der Waals surface area contributed by atoms with Crippen LogP contribution >= 0.6 is 0 Å². The van der Waals surface area contributed by atoms with Crippen molar-refractivity contribution >= 4 is 5.91 Å². The highest BCUT2D eigenvalue weighted by atomic mass is 16.5. The molecule has 2 unspecified atom stereocenters. The average Bonchev–Trinajstić information content (AvgIpc) is 3.05. The van der Waals surface area contributed by atoms with Crippen molar-refractivity contribution in [3.05, 3.63) is 47.7 Å². The van der Waals surface area contributed by atoms with Gasteiger partial charge in [0, 0.05) is 26.6 Å². The first-order valence-electron chi connectivity index (χ1n) is 8.23. The molecule has 0 spiro atoms. The van der Waals surface area contributed by atoms with Gasteiger partial charge in [-0.15, -0.1) is 0 Å². The number of aliphatic hydroxyl groups is 1. The van der Waals surface area contributed by atoms with E-state index in [1.165, 1.54) is 6.26 Å². The highest BCUT2D eigenvalue weighted by Crippen LogP contribution is 2.14. The third-order valence-corrected chi connectivity index (χ3v) is 3.75. The fraction of sp³-hybridized carbons (Fsp3) is 0.444. The summed E-state index contributed by atoms with van der Waals surface area (Å²) in [4.78, 5) is 15.3. The number of amides is 1. The lowest BCUT2D eigenvalue weighted by Gasteiger charge is -2.16. The summed E-state index contributed by atoms with van der Waals surface area (Å²) < 4.78 is 10.5. The first-order chi connectivity index (χ1) is 12.0. The Morgan fingerprint density at radius 3 is 2.68 bits per heavy atom. The third-order valence-electron chi connectivity index (χ3n) is 3.75. The standard InChI is InChI=1S/C18H25N3O4/c1-12(20-9-17(22)16-10-24-13(2)21-16)8-14-4-6-15(7-5-14)25-11-18(23)19-3/h4-7,10,12,17,20,22H,8-9,11H2,1-3H3,(H,19,23). The number of hydrogen-bond donors (Lipinski definition) is 3. The second-order valence-electron chi connectivity index (χ2n) is 5.93. The predicted octanol–water partition coefficient (Wildman–Crippen LogP) is 1.36. The van der Waals surface area contributed by atoms with Crippen LogP contribution in [0.1, 0.15) is 30.2 Å². The largest absolute Gasteiger partial charge is 0.484 e. The van der Waals surface area contributed by atoms with E-state index < -0.39 is 6.10 Å². The number of nitrogens with one attached hydrogen (secondary N) is 2. The maximum Gasteiger partial charge on any atom is 0.257 e. The van der Waals surface area contributed by atoms with Crippen LogP contribution in [-0.4, -0.2) is 42.2 Å². The molecule has 2 aromatic rings. The molecule has 136 valence electrons. The number of carbonyl (C=O) groups is 1. The van der Waals surface area contributed by atoms with Crippen LogP contribution in [0.4, 0.5) is 0 Å². The molecule has 0 bridgehead atoms. The number of rotatable bonds is 9. The van der Waals surface area contributed by atoms with E-state index in [-0.39, 0.29) is 18.6 Å². The topological polar surface area (TPSA) is 96.6 Å². The highest BCUT2D eigenvalue weighted by molar-refractivity contribution is 5.77. The Morgan fingerprint density at radius 2 is 2.08 bits per heavy atom. The number of aliphatic hydroxyl groups excluding tert-OH is 1. The molecule has 7 heteroatoms. The maximum atomic E-state index is 11.2. The van der Waals surface area contributed by atoms with Crippen LogP contribution < -0.4 is 15.4 Å². The summed E-state index contributed by atoms with van der Waals surface area (Å²) in [7, 11) is 1.57. The van der Waals surface area contributed by atoms with Gasteiger partial charge in [-0.3, -0.25) is 4.79 Å². The van der Waals surface area contributed by atoms with E-state index in [0.29, 0.717) is 23.9 Å². The molecule has 1 aromatic heterocycles.